The first-order valence-electron chi connectivity index (χ1n) is 7.60. The summed E-state index contributed by atoms with van der Waals surface area (Å²) in [4.78, 5) is 13.4. The molecule has 0 amide bonds. The summed E-state index contributed by atoms with van der Waals surface area (Å²) in [6.45, 7) is 6.41. The van der Waals surface area contributed by atoms with Crippen molar-refractivity contribution in [2.24, 2.45) is 0 Å². The Hall–Kier alpha value is -1.11. The molecular weight excluding hydrogens is 346 g/mol. The molecule has 2 aromatic rings. The summed E-state index contributed by atoms with van der Waals surface area (Å²) in [6, 6.07) is 6.09. The number of rotatable bonds is 4. The zero-order chi connectivity index (χ0) is 16.6. The van der Waals surface area contributed by atoms with E-state index in [9.17, 15) is 4.79 Å². The van der Waals surface area contributed by atoms with E-state index in [0.29, 0.717) is 6.42 Å². The van der Waals surface area contributed by atoms with Gasteiger partial charge in [-0.1, -0.05) is 6.92 Å². The summed E-state index contributed by atoms with van der Waals surface area (Å²) < 4.78 is 6.49. The molecule has 0 aliphatic carbocycles. The Morgan fingerprint density at radius 1 is 1.43 bits per heavy atom. The van der Waals surface area contributed by atoms with E-state index in [0.717, 1.165) is 27.6 Å². The molecule has 1 N–H and O–H groups in total. The molecule has 1 aliphatic heterocycles. The third-order valence-corrected chi connectivity index (χ3v) is 8.01. The Labute approximate surface area is 148 Å². The molecule has 1 aromatic carbocycles. The highest BCUT2D eigenvalue weighted by Crippen LogP contribution is 2.53. The molecule has 0 spiro atoms. The third-order valence-electron chi connectivity index (χ3n) is 3.80. The molecule has 0 saturated heterocycles. The largest absolute Gasteiger partial charge is 0.497 e. The molecule has 1 aromatic heterocycles. The van der Waals surface area contributed by atoms with Crippen molar-refractivity contribution >= 4 is 43.2 Å². The SMILES string of the molecule is CCCC(=O)Sc1[s+]sc2c1-c1cc(OC)ccc1NC2(C)C. The first-order valence-corrected chi connectivity index (χ1v) is 10.6. The fourth-order valence-electron chi connectivity index (χ4n) is 2.69. The van der Waals surface area contributed by atoms with Crippen molar-refractivity contribution < 1.29 is 9.53 Å². The predicted molar refractivity (Wildman–Crippen MR) is 101 cm³/mol. The Morgan fingerprint density at radius 2 is 2.22 bits per heavy atom. The van der Waals surface area contributed by atoms with Crippen LogP contribution in [0.15, 0.2) is 22.4 Å². The van der Waals surface area contributed by atoms with E-state index in [-0.39, 0.29) is 10.7 Å². The highest BCUT2D eigenvalue weighted by molar-refractivity contribution is 8.16. The van der Waals surface area contributed by atoms with Gasteiger partial charge in [-0.15, -0.1) is 0 Å². The summed E-state index contributed by atoms with van der Waals surface area (Å²) >= 11 is 1.39. The lowest BCUT2D eigenvalue weighted by Crippen LogP contribution is -2.30. The van der Waals surface area contributed by atoms with Gasteiger partial charge in [0.1, 0.15) is 10.6 Å². The fraction of sp³-hybridized carbons (Fsp3) is 0.412. The van der Waals surface area contributed by atoms with E-state index in [1.165, 1.54) is 22.2 Å². The van der Waals surface area contributed by atoms with Crippen molar-refractivity contribution in [3.05, 3.63) is 23.1 Å². The predicted octanol–water partition coefficient (Wildman–Crippen LogP) is 5.85. The highest BCUT2D eigenvalue weighted by Gasteiger charge is 2.40. The van der Waals surface area contributed by atoms with Crippen LogP contribution in [0.5, 0.6) is 5.75 Å². The Balaban J connectivity index is 2.11. The van der Waals surface area contributed by atoms with Crippen molar-refractivity contribution in [1.82, 2.24) is 0 Å². The van der Waals surface area contributed by atoms with E-state index in [1.54, 1.807) is 27.8 Å². The smallest absolute Gasteiger partial charge is 0.309 e. The summed E-state index contributed by atoms with van der Waals surface area (Å²) in [5.41, 5.74) is 3.29. The maximum absolute atomic E-state index is 12.1. The zero-order valence-corrected chi connectivity index (χ0v) is 16.1. The number of carbonyl (C=O) groups is 1. The average Bonchev–Trinajstić information content (AvgIpc) is 2.92. The zero-order valence-electron chi connectivity index (χ0n) is 13.7. The number of anilines is 1. The third kappa shape index (κ3) is 3.12. The number of methoxy groups -OCH3 is 1. The maximum atomic E-state index is 12.1. The van der Waals surface area contributed by atoms with Crippen LogP contribution in [-0.4, -0.2) is 12.2 Å². The number of benzene rings is 1. The normalized spacial score (nSPS) is 14.6. The molecule has 0 saturated carbocycles. The fourth-order valence-corrected chi connectivity index (χ4v) is 7.29. The first-order chi connectivity index (χ1) is 11.0. The van der Waals surface area contributed by atoms with Crippen LogP contribution in [0, 0.1) is 0 Å². The molecule has 0 unspecified atom stereocenters. The molecule has 0 radical (unpaired) electrons. The molecule has 0 fully saturated rings. The topological polar surface area (TPSA) is 38.3 Å². The Kier molecular flexibility index (Phi) is 4.67. The van der Waals surface area contributed by atoms with E-state index < -0.39 is 0 Å². The summed E-state index contributed by atoms with van der Waals surface area (Å²) in [7, 11) is 5.14. The monoisotopic (exact) mass is 366 g/mol. The summed E-state index contributed by atoms with van der Waals surface area (Å²) in [6.07, 6.45) is 1.51. The highest BCUT2D eigenvalue weighted by atomic mass is 32.9. The quantitative estimate of drug-likeness (QED) is 0.419. The molecule has 3 rings (SSSR count). The van der Waals surface area contributed by atoms with Crippen LogP contribution < -0.4 is 10.1 Å². The molecule has 6 heteroatoms. The van der Waals surface area contributed by atoms with Crippen LogP contribution in [0.2, 0.25) is 0 Å². The van der Waals surface area contributed by atoms with Gasteiger partial charge < -0.3 is 10.1 Å². The number of fused-ring (bicyclic) bond motifs is 3. The van der Waals surface area contributed by atoms with Gasteiger partial charge in [-0.3, -0.25) is 4.79 Å². The van der Waals surface area contributed by atoms with Gasteiger partial charge >= 0.3 is 10.3 Å². The second kappa shape index (κ2) is 6.42. The van der Waals surface area contributed by atoms with Gasteiger partial charge in [0.05, 0.1) is 18.2 Å². The second-order valence-electron chi connectivity index (χ2n) is 6.04. The molecule has 3 nitrogen and oxygen atoms in total. The van der Waals surface area contributed by atoms with Crippen LogP contribution >= 0.6 is 32.4 Å². The molecule has 1 aliphatic rings. The van der Waals surface area contributed by atoms with E-state index in [1.807, 2.05) is 13.0 Å². The second-order valence-corrected chi connectivity index (χ2v) is 9.52. The Morgan fingerprint density at radius 3 is 2.91 bits per heavy atom. The first kappa shape index (κ1) is 16.7. The molecule has 2 heterocycles. The lowest BCUT2D eigenvalue weighted by molar-refractivity contribution is -0.111. The number of hydrogen-bond donors (Lipinski definition) is 1. The number of carbonyl (C=O) groups excluding carboxylic acids is 1. The van der Waals surface area contributed by atoms with Crippen molar-refractivity contribution in [2.75, 3.05) is 12.4 Å². The van der Waals surface area contributed by atoms with Gasteiger partial charge in [0, 0.05) is 29.4 Å². The van der Waals surface area contributed by atoms with Gasteiger partial charge in [-0.25, -0.2) is 0 Å². The maximum Gasteiger partial charge on any atom is 0.309 e. The summed E-state index contributed by atoms with van der Waals surface area (Å²) in [5.74, 6) is 0.836. The molecule has 122 valence electrons. The Bertz CT molecular complexity index is 752. The van der Waals surface area contributed by atoms with Crippen LogP contribution in [-0.2, 0) is 10.3 Å². The van der Waals surface area contributed by atoms with Crippen molar-refractivity contribution in [3.63, 3.8) is 0 Å². The van der Waals surface area contributed by atoms with Crippen LogP contribution in [0.4, 0.5) is 5.69 Å². The average molecular weight is 367 g/mol. The van der Waals surface area contributed by atoms with Gasteiger partial charge in [0.15, 0.2) is 15.5 Å². The molecule has 23 heavy (non-hydrogen) atoms. The molecule has 0 bridgehead atoms. The number of nitrogens with one attached hydrogen (secondary N) is 1. The number of ether oxygens (including phenoxy) is 1. The minimum Gasteiger partial charge on any atom is -0.497 e. The minimum absolute atomic E-state index is 0.134. The van der Waals surface area contributed by atoms with E-state index >= 15 is 0 Å². The van der Waals surface area contributed by atoms with Crippen molar-refractivity contribution in [2.45, 2.75) is 43.4 Å². The van der Waals surface area contributed by atoms with Gasteiger partial charge in [0.25, 0.3) is 4.21 Å². The summed E-state index contributed by atoms with van der Waals surface area (Å²) in [5, 5.41) is 3.84. The van der Waals surface area contributed by atoms with Crippen LogP contribution in [0.25, 0.3) is 11.1 Å². The lowest BCUT2D eigenvalue weighted by Gasteiger charge is -2.32. The van der Waals surface area contributed by atoms with Crippen molar-refractivity contribution in [3.8, 4) is 16.9 Å². The van der Waals surface area contributed by atoms with Gasteiger partial charge in [0.2, 0.25) is 0 Å². The standard InChI is InChI=1S/C17H20NO2S3/c1-5-6-13(19)21-16-14-11-9-10(20-4)7-8-12(11)18-17(2,3)15(14)22-23-16/h7-9,18H,5-6H2,1-4H3/q+1. The van der Waals surface area contributed by atoms with E-state index in [2.05, 4.69) is 31.3 Å². The number of hydrogen-bond acceptors (Lipinski definition) is 5. The van der Waals surface area contributed by atoms with Gasteiger partial charge in [-0.05, 0) is 38.5 Å². The molecular formula is C17H20NO2S3+. The van der Waals surface area contributed by atoms with Crippen LogP contribution in [0.1, 0.15) is 38.5 Å². The minimum atomic E-state index is -0.134. The van der Waals surface area contributed by atoms with E-state index in [4.69, 9.17) is 4.74 Å². The van der Waals surface area contributed by atoms with Gasteiger partial charge in [-0.2, -0.15) is 0 Å². The molecule has 0 atom stereocenters. The lowest BCUT2D eigenvalue weighted by atomic mass is 9.90. The van der Waals surface area contributed by atoms with Crippen LogP contribution in [0.3, 0.4) is 0 Å². The number of thioether (sulfide) groups is 1. The van der Waals surface area contributed by atoms with Crippen molar-refractivity contribution in [1.29, 1.82) is 0 Å².